The number of benzene rings is 2. The third-order valence-corrected chi connectivity index (χ3v) is 4.30. The van der Waals surface area contributed by atoms with E-state index in [4.69, 9.17) is 0 Å². The predicted octanol–water partition coefficient (Wildman–Crippen LogP) is 3.99. The van der Waals surface area contributed by atoms with E-state index < -0.39 is 0 Å². The molecule has 1 saturated carbocycles. The number of nitrogens with one attached hydrogen (secondary N) is 2. The van der Waals surface area contributed by atoms with Crippen LogP contribution in [0, 0.1) is 12.8 Å². The molecule has 2 amide bonds. The zero-order valence-corrected chi connectivity index (χ0v) is 13.1. The molecule has 0 aliphatic heterocycles. The molecule has 0 heterocycles. The molecule has 2 aromatic rings. The predicted molar refractivity (Wildman–Crippen MR) is 91.5 cm³/mol. The van der Waals surface area contributed by atoms with Gasteiger partial charge in [-0.15, -0.1) is 0 Å². The molecule has 3 rings (SSSR count). The van der Waals surface area contributed by atoms with E-state index in [1.165, 1.54) is 0 Å². The Labute approximate surface area is 135 Å². The molecule has 0 aromatic heterocycles. The Bertz CT molecular complexity index is 736. The number of para-hydroxylation sites is 2. The van der Waals surface area contributed by atoms with E-state index >= 15 is 0 Å². The highest BCUT2D eigenvalue weighted by atomic mass is 16.2. The van der Waals surface area contributed by atoms with Gasteiger partial charge in [-0.1, -0.05) is 36.8 Å². The van der Waals surface area contributed by atoms with Crippen LogP contribution in [0.4, 0.5) is 11.4 Å². The molecule has 0 bridgehead atoms. The van der Waals surface area contributed by atoms with E-state index in [1.54, 1.807) is 12.1 Å². The van der Waals surface area contributed by atoms with Crippen molar-refractivity contribution in [1.82, 2.24) is 0 Å². The van der Waals surface area contributed by atoms with Crippen molar-refractivity contribution in [2.75, 3.05) is 10.6 Å². The van der Waals surface area contributed by atoms with Gasteiger partial charge in [0.25, 0.3) is 5.91 Å². The lowest BCUT2D eigenvalue weighted by Crippen LogP contribution is -2.28. The third-order valence-electron chi connectivity index (χ3n) is 4.30. The summed E-state index contributed by atoms with van der Waals surface area (Å²) in [5, 5.41) is 5.82. The number of rotatable bonds is 4. The van der Waals surface area contributed by atoms with Gasteiger partial charge >= 0.3 is 0 Å². The lowest BCUT2D eigenvalue weighted by atomic mass is 9.85. The zero-order chi connectivity index (χ0) is 16.2. The quantitative estimate of drug-likeness (QED) is 0.897. The van der Waals surface area contributed by atoms with Crippen LogP contribution in [-0.2, 0) is 4.79 Å². The van der Waals surface area contributed by atoms with E-state index in [1.807, 2.05) is 43.3 Å². The van der Waals surface area contributed by atoms with Gasteiger partial charge in [0.15, 0.2) is 0 Å². The average Bonchev–Trinajstić information content (AvgIpc) is 2.47. The van der Waals surface area contributed by atoms with Gasteiger partial charge in [-0.25, -0.2) is 0 Å². The first-order valence-corrected chi connectivity index (χ1v) is 7.92. The number of hydrogen-bond acceptors (Lipinski definition) is 2. The Hall–Kier alpha value is -2.62. The minimum absolute atomic E-state index is 0.0360. The van der Waals surface area contributed by atoms with Crippen molar-refractivity contribution >= 4 is 23.2 Å². The molecule has 4 nitrogen and oxygen atoms in total. The van der Waals surface area contributed by atoms with E-state index in [0.717, 1.165) is 24.8 Å². The summed E-state index contributed by atoms with van der Waals surface area (Å²) in [4.78, 5) is 24.6. The third kappa shape index (κ3) is 3.42. The summed E-state index contributed by atoms with van der Waals surface area (Å²) in [6.07, 6.45) is 3.01. The van der Waals surface area contributed by atoms with Gasteiger partial charge in [-0.3, -0.25) is 9.59 Å². The summed E-state index contributed by atoms with van der Waals surface area (Å²) < 4.78 is 0. The van der Waals surface area contributed by atoms with Crippen molar-refractivity contribution < 1.29 is 9.59 Å². The summed E-state index contributed by atoms with van der Waals surface area (Å²) in [7, 11) is 0. The summed E-state index contributed by atoms with van der Waals surface area (Å²) in [6, 6.07) is 14.7. The number of carbonyl (C=O) groups excluding carboxylic acids is 2. The molecule has 0 spiro atoms. The Morgan fingerprint density at radius 2 is 1.52 bits per heavy atom. The van der Waals surface area contributed by atoms with Crippen molar-refractivity contribution in [1.29, 1.82) is 0 Å². The fraction of sp³-hybridized carbons (Fsp3) is 0.263. The first-order valence-electron chi connectivity index (χ1n) is 7.92. The highest BCUT2D eigenvalue weighted by Gasteiger charge is 2.25. The number of anilines is 2. The molecule has 23 heavy (non-hydrogen) atoms. The van der Waals surface area contributed by atoms with Gasteiger partial charge in [-0.2, -0.15) is 0 Å². The minimum Gasteiger partial charge on any atom is -0.324 e. The van der Waals surface area contributed by atoms with Crippen LogP contribution in [0.1, 0.15) is 35.2 Å². The molecule has 0 radical (unpaired) electrons. The van der Waals surface area contributed by atoms with Crippen molar-refractivity contribution in [3.05, 3.63) is 59.7 Å². The second-order valence-corrected chi connectivity index (χ2v) is 5.93. The lowest BCUT2D eigenvalue weighted by Gasteiger charge is -2.24. The Morgan fingerprint density at radius 3 is 2.13 bits per heavy atom. The molecule has 1 aliphatic carbocycles. The second-order valence-electron chi connectivity index (χ2n) is 5.93. The maximum absolute atomic E-state index is 12.5. The minimum atomic E-state index is -0.173. The number of carbonyl (C=O) groups is 2. The highest BCUT2D eigenvalue weighted by Crippen LogP contribution is 2.29. The molecule has 2 N–H and O–H groups in total. The summed E-state index contributed by atoms with van der Waals surface area (Å²) in [5.74, 6) is -0.0302. The van der Waals surface area contributed by atoms with Crippen LogP contribution in [0.25, 0.3) is 0 Å². The Morgan fingerprint density at radius 1 is 0.913 bits per heavy atom. The van der Waals surface area contributed by atoms with Gasteiger partial charge < -0.3 is 10.6 Å². The van der Waals surface area contributed by atoms with Crippen LogP contribution in [0.5, 0.6) is 0 Å². The number of amides is 2. The van der Waals surface area contributed by atoms with Gasteiger partial charge in [0.2, 0.25) is 5.91 Å². The number of aryl methyl sites for hydroxylation is 1. The van der Waals surface area contributed by atoms with Crippen molar-refractivity contribution in [3.8, 4) is 0 Å². The summed E-state index contributed by atoms with van der Waals surface area (Å²) >= 11 is 0. The fourth-order valence-corrected chi connectivity index (χ4v) is 2.62. The summed E-state index contributed by atoms with van der Waals surface area (Å²) in [5.41, 5.74) is 2.81. The van der Waals surface area contributed by atoms with E-state index in [-0.39, 0.29) is 17.7 Å². The van der Waals surface area contributed by atoms with Crippen LogP contribution in [0.3, 0.4) is 0 Å². The second kappa shape index (κ2) is 6.65. The average molecular weight is 308 g/mol. The van der Waals surface area contributed by atoms with Crippen molar-refractivity contribution in [2.24, 2.45) is 5.92 Å². The Kier molecular flexibility index (Phi) is 4.42. The van der Waals surface area contributed by atoms with E-state index in [9.17, 15) is 9.59 Å². The first-order chi connectivity index (χ1) is 11.1. The molecule has 2 aromatic carbocycles. The monoisotopic (exact) mass is 308 g/mol. The van der Waals surface area contributed by atoms with Gasteiger partial charge in [0.1, 0.15) is 0 Å². The molecule has 1 aliphatic rings. The Balaban J connectivity index is 1.76. The largest absolute Gasteiger partial charge is 0.324 e. The molecule has 118 valence electrons. The molecule has 1 fully saturated rings. The van der Waals surface area contributed by atoms with E-state index in [2.05, 4.69) is 10.6 Å². The molecule has 0 unspecified atom stereocenters. The maximum atomic E-state index is 12.5. The van der Waals surface area contributed by atoms with E-state index in [0.29, 0.717) is 16.9 Å². The van der Waals surface area contributed by atoms with Crippen LogP contribution in [0.15, 0.2) is 48.5 Å². The summed E-state index contributed by atoms with van der Waals surface area (Å²) in [6.45, 7) is 1.90. The van der Waals surface area contributed by atoms with Crippen LogP contribution in [0.2, 0.25) is 0 Å². The van der Waals surface area contributed by atoms with Gasteiger partial charge in [0, 0.05) is 11.5 Å². The van der Waals surface area contributed by atoms with Crippen LogP contribution < -0.4 is 10.6 Å². The van der Waals surface area contributed by atoms with Gasteiger partial charge in [-0.05, 0) is 43.5 Å². The lowest BCUT2D eigenvalue weighted by molar-refractivity contribution is -0.122. The SMILES string of the molecule is Cc1ccccc1C(=O)Nc1ccccc1NC(=O)C1CCC1. The zero-order valence-electron chi connectivity index (χ0n) is 13.1. The number of hydrogen-bond donors (Lipinski definition) is 2. The van der Waals surface area contributed by atoms with Crippen LogP contribution >= 0.6 is 0 Å². The maximum Gasteiger partial charge on any atom is 0.255 e. The molecular weight excluding hydrogens is 288 g/mol. The smallest absolute Gasteiger partial charge is 0.255 e. The normalized spacial score (nSPS) is 14.0. The topological polar surface area (TPSA) is 58.2 Å². The first kappa shape index (κ1) is 15.3. The van der Waals surface area contributed by atoms with Crippen molar-refractivity contribution in [2.45, 2.75) is 26.2 Å². The molecule has 4 heteroatoms. The molecular formula is C19H20N2O2. The molecule has 0 saturated heterocycles. The molecule has 0 atom stereocenters. The van der Waals surface area contributed by atoms with Gasteiger partial charge in [0.05, 0.1) is 11.4 Å². The van der Waals surface area contributed by atoms with Crippen molar-refractivity contribution in [3.63, 3.8) is 0 Å². The highest BCUT2D eigenvalue weighted by molar-refractivity contribution is 6.08. The fourth-order valence-electron chi connectivity index (χ4n) is 2.62. The standard InChI is InChI=1S/C19H20N2O2/c1-13-7-2-3-10-15(13)19(23)21-17-12-5-4-11-16(17)20-18(22)14-8-6-9-14/h2-5,7,10-12,14H,6,8-9H2,1H3,(H,20,22)(H,21,23). The van der Waals surface area contributed by atoms with Crippen LogP contribution in [-0.4, -0.2) is 11.8 Å².